The van der Waals surface area contributed by atoms with E-state index < -0.39 is 16.7 Å². The van der Waals surface area contributed by atoms with Gasteiger partial charge in [0, 0.05) is 6.42 Å². The summed E-state index contributed by atoms with van der Waals surface area (Å²) in [4.78, 5) is 11.5. The zero-order valence-corrected chi connectivity index (χ0v) is 16.4. The molecule has 5 nitrogen and oxygen atoms in total. The second-order valence-corrected chi connectivity index (χ2v) is 7.93. The van der Waals surface area contributed by atoms with Crippen LogP contribution in [-0.2, 0) is 23.6 Å². The third kappa shape index (κ3) is 11.5. The Morgan fingerprint density at radius 3 is 1.80 bits per heavy atom. The van der Waals surface area contributed by atoms with E-state index in [9.17, 15) is 13.2 Å². The number of hydrogen-bond donors (Lipinski definition) is 0. The minimum atomic E-state index is -3.86. The van der Waals surface area contributed by atoms with E-state index in [1.165, 1.54) is 64.2 Å². The van der Waals surface area contributed by atoms with Crippen molar-refractivity contribution >= 4 is 16.2 Å². The standard InChI is InChI=1S/C19H34O5S/c1-2-3-4-5-6-7-8-9-10-11-12-13-14-15-16-17-18(20)19-23-25(21,22)24-19/h7-8,19H,2-6,9-17H2,1H3/b8-7-. The molecule has 0 spiro atoms. The van der Waals surface area contributed by atoms with Gasteiger partial charge in [0.15, 0.2) is 5.78 Å². The molecule has 0 radical (unpaired) electrons. The van der Waals surface area contributed by atoms with Crippen LogP contribution in [0.25, 0.3) is 0 Å². The minimum absolute atomic E-state index is 0.281. The zero-order chi connectivity index (χ0) is 18.4. The normalized spacial score (nSPS) is 17.0. The van der Waals surface area contributed by atoms with Crippen LogP contribution in [0.5, 0.6) is 0 Å². The topological polar surface area (TPSA) is 69.7 Å². The third-order valence-corrected chi connectivity index (χ3v) is 5.18. The third-order valence-electron chi connectivity index (χ3n) is 4.36. The number of rotatable bonds is 16. The van der Waals surface area contributed by atoms with Crippen molar-refractivity contribution in [3.05, 3.63) is 12.2 Å². The van der Waals surface area contributed by atoms with E-state index in [-0.39, 0.29) is 5.78 Å². The largest absolute Gasteiger partial charge is 0.405 e. The van der Waals surface area contributed by atoms with Gasteiger partial charge in [-0.2, -0.15) is 8.42 Å². The van der Waals surface area contributed by atoms with Crippen LogP contribution in [0.15, 0.2) is 12.2 Å². The molecule has 0 N–H and O–H groups in total. The van der Waals surface area contributed by atoms with Crippen LogP contribution >= 0.6 is 0 Å². The van der Waals surface area contributed by atoms with E-state index in [1.54, 1.807) is 0 Å². The lowest BCUT2D eigenvalue weighted by Gasteiger charge is -2.23. The van der Waals surface area contributed by atoms with Crippen molar-refractivity contribution in [2.75, 3.05) is 0 Å². The lowest BCUT2D eigenvalue weighted by Crippen LogP contribution is -2.42. The lowest BCUT2D eigenvalue weighted by atomic mass is 10.1. The first-order valence-corrected chi connectivity index (χ1v) is 11.2. The Hall–Kier alpha value is -0.720. The smallest absolute Gasteiger partial charge is 0.294 e. The summed E-state index contributed by atoms with van der Waals surface area (Å²) in [7, 11) is -3.86. The number of ketones is 1. The fraction of sp³-hybridized carbons (Fsp3) is 0.842. The molecule has 1 saturated heterocycles. The number of hydrogen-bond acceptors (Lipinski definition) is 5. The van der Waals surface area contributed by atoms with Crippen LogP contribution in [0.3, 0.4) is 0 Å². The number of allylic oxidation sites excluding steroid dienone is 2. The van der Waals surface area contributed by atoms with E-state index in [0.29, 0.717) is 6.42 Å². The fourth-order valence-electron chi connectivity index (χ4n) is 2.82. The van der Waals surface area contributed by atoms with Crippen LogP contribution < -0.4 is 0 Å². The second-order valence-electron chi connectivity index (χ2n) is 6.73. The highest BCUT2D eigenvalue weighted by atomic mass is 32.3. The average molecular weight is 375 g/mol. The van der Waals surface area contributed by atoms with Crippen molar-refractivity contribution in [1.82, 2.24) is 0 Å². The first-order valence-electron chi connectivity index (χ1n) is 9.84. The van der Waals surface area contributed by atoms with Crippen LogP contribution in [0.4, 0.5) is 0 Å². The van der Waals surface area contributed by atoms with Gasteiger partial charge < -0.3 is 0 Å². The summed E-state index contributed by atoms with van der Waals surface area (Å²) in [6.45, 7) is 2.24. The van der Waals surface area contributed by atoms with Crippen molar-refractivity contribution in [1.29, 1.82) is 0 Å². The molecular weight excluding hydrogens is 340 g/mol. The molecule has 1 aliphatic rings. The maximum Gasteiger partial charge on any atom is 0.405 e. The molecule has 25 heavy (non-hydrogen) atoms. The minimum Gasteiger partial charge on any atom is -0.294 e. The van der Waals surface area contributed by atoms with Gasteiger partial charge in [-0.3, -0.25) is 4.79 Å². The van der Waals surface area contributed by atoms with Crippen molar-refractivity contribution in [2.24, 2.45) is 0 Å². The summed E-state index contributed by atoms with van der Waals surface area (Å²) >= 11 is 0. The number of Topliss-reactive ketones (excluding diaryl/α,β-unsaturated/α-hetero) is 1. The van der Waals surface area contributed by atoms with Crippen LogP contribution in [0, 0.1) is 0 Å². The second kappa shape index (κ2) is 13.5. The van der Waals surface area contributed by atoms with Crippen LogP contribution in [0.2, 0.25) is 0 Å². The van der Waals surface area contributed by atoms with Gasteiger partial charge in [-0.05, 0) is 32.1 Å². The summed E-state index contributed by atoms with van der Waals surface area (Å²) < 4.78 is 29.9. The van der Waals surface area contributed by atoms with Crippen LogP contribution in [0.1, 0.15) is 96.8 Å². The Labute approximate surface area is 153 Å². The molecule has 1 rings (SSSR count). The first-order chi connectivity index (χ1) is 12.0. The molecule has 0 saturated carbocycles. The van der Waals surface area contributed by atoms with E-state index in [0.717, 1.165) is 19.3 Å². The molecule has 1 fully saturated rings. The SMILES string of the molecule is CCCCCC/C=C\CCCCCCCCCC(=O)C1OS(=O)(=O)O1. The molecule has 1 aliphatic heterocycles. The van der Waals surface area contributed by atoms with Gasteiger partial charge in [-0.1, -0.05) is 70.4 Å². The van der Waals surface area contributed by atoms with Crippen molar-refractivity contribution < 1.29 is 21.6 Å². The molecule has 0 atom stereocenters. The molecule has 0 aromatic rings. The van der Waals surface area contributed by atoms with Gasteiger partial charge in [0.1, 0.15) is 0 Å². The van der Waals surface area contributed by atoms with E-state index in [1.807, 2.05) is 0 Å². The Morgan fingerprint density at radius 2 is 1.28 bits per heavy atom. The maximum atomic E-state index is 11.5. The molecule has 0 aliphatic carbocycles. The van der Waals surface area contributed by atoms with Crippen molar-refractivity contribution in [2.45, 2.75) is 103 Å². The van der Waals surface area contributed by atoms with Gasteiger partial charge in [0.2, 0.25) is 0 Å². The Morgan fingerprint density at radius 1 is 0.800 bits per heavy atom. The predicted octanol–water partition coefficient (Wildman–Crippen LogP) is 5.21. The lowest BCUT2D eigenvalue weighted by molar-refractivity contribution is -0.151. The Bertz CT molecular complexity index is 472. The number of unbranched alkanes of at least 4 members (excludes halogenated alkanes) is 11. The molecular formula is C19H34O5S. The Balaban J connectivity index is 1.79. The predicted molar refractivity (Wildman–Crippen MR) is 99.3 cm³/mol. The van der Waals surface area contributed by atoms with Gasteiger partial charge in [0.05, 0.1) is 0 Å². The van der Waals surface area contributed by atoms with E-state index in [2.05, 4.69) is 27.4 Å². The monoisotopic (exact) mass is 374 g/mol. The van der Waals surface area contributed by atoms with E-state index in [4.69, 9.17) is 0 Å². The first kappa shape index (κ1) is 22.3. The summed E-state index contributed by atoms with van der Waals surface area (Å²) in [5.74, 6) is -0.281. The molecule has 0 unspecified atom stereocenters. The molecule has 146 valence electrons. The van der Waals surface area contributed by atoms with Crippen molar-refractivity contribution in [3.63, 3.8) is 0 Å². The molecule has 0 aromatic carbocycles. The van der Waals surface area contributed by atoms with E-state index >= 15 is 0 Å². The van der Waals surface area contributed by atoms with Crippen LogP contribution in [-0.4, -0.2) is 20.5 Å². The number of carbonyl (C=O) groups excluding carboxylic acids is 1. The molecule has 0 amide bonds. The van der Waals surface area contributed by atoms with Crippen molar-refractivity contribution in [3.8, 4) is 0 Å². The summed E-state index contributed by atoms with van der Waals surface area (Å²) in [6, 6.07) is 0. The summed E-state index contributed by atoms with van der Waals surface area (Å²) in [5.41, 5.74) is 0. The highest BCUT2D eigenvalue weighted by Crippen LogP contribution is 2.21. The maximum absolute atomic E-state index is 11.5. The fourth-order valence-corrected chi connectivity index (χ4v) is 3.47. The molecule has 0 bridgehead atoms. The average Bonchev–Trinajstić information content (AvgIpc) is 2.56. The van der Waals surface area contributed by atoms with Gasteiger partial charge in [0.25, 0.3) is 6.29 Å². The quantitative estimate of drug-likeness (QED) is 0.274. The molecule has 0 aromatic heterocycles. The summed E-state index contributed by atoms with van der Waals surface area (Å²) in [6.07, 6.45) is 19.3. The molecule has 1 heterocycles. The van der Waals surface area contributed by atoms with Gasteiger partial charge in [-0.15, -0.1) is 0 Å². The highest BCUT2D eigenvalue weighted by molar-refractivity contribution is 7.82. The highest BCUT2D eigenvalue weighted by Gasteiger charge is 2.40. The van der Waals surface area contributed by atoms with Gasteiger partial charge >= 0.3 is 10.4 Å². The zero-order valence-electron chi connectivity index (χ0n) is 15.6. The molecule has 6 heteroatoms. The van der Waals surface area contributed by atoms with Gasteiger partial charge in [-0.25, -0.2) is 8.37 Å². The Kier molecular flexibility index (Phi) is 12.0. The number of carbonyl (C=O) groups is 1. The summed E-state index contributed by atoms with van der Waals surface area (Å²) in [5, 5.41) is 0.